The van der Waals surface area contributed by atoms with E-state index in [4.69, 9.17) is 0 Å². The van der Waals surface area contributed by atoms with Crippen LogP contribution in [0.3, 0.4) is 0 Å². The monoisotopic (exact) mass is 344 g/mol. The third-order valence-electron chi connectivity index (χ3n) is 5.47. The number of carbonyl (C=O) groups is 1. The zero-order chi connectivity index (χ0) is 17.3. The smallest absolute Gasteiger partial charge is 0.220 e. The van der Waals surface area contributed by atoms with Crippen LogP contribution in [-0.2, 0) is 11.3 Å². The molecule has 5 heteroatoms. The van der Waals surface area contributed by atoms with E-state index in [1.54, 1.807) is 0 Å². The number of anilines is 1. The Morgan fingerprint density at radius 3 is 2.72 bits per heavy atom. The Labute approximate surface area is 151 Å². The van der Waals surface area contributed by atoms with Gasteiger partial charge in [0.1, 0.15) is 5.82 Å². The van der Waals surface area contributed by atoms with Gasteiger partial charge in [0.15, 0.2) is 0 Å². The Balaban J connectivity index is 1.44. The number of nitrogens with one attached hydrogen (secondary N) is 2. The molecule has 0 aromatic carbocycles. The lowest BCUT2D eigenvalue weighted by molar-refractivity contribution is -0.121. The zero-order valence-corrected chi connectivity index (χ0v) is 15.3. The fraction of sp³-hybridized carbons (Fsp3) is 0.700. The first-order chi connectivity index (χ1) is 12.3. The lowest BCUT2D eigenvalue weighted by atomic mass is 9.93. The Hall–Kier alpha value is -1.62. The molecule has 0 unspecified atom stereocenters. The molecule has 1 aromatic rings. The van der Waals surface area contributed by atoms with E-state index in [1.807, 2.05) is 12.3 Å². The summed E-state index contributed by atoms with van der Waals surface area (Å²) in [7, 11) is 0. The second-order valence-corrected chi connectivity index (χ2v) is 7.43. The van der Waals surface area contributed by atoms with Crippen LogP contribution < -0.4 is 15.5 Å². The first kappa shape index (κ1) is 18.2. The SMILES string of the molecule is O=C(CCC1CCNCC1)NCc1ccnc(N2CCCCCC2)c1. The highest BCUT2D eigenvalue weighted by molar-refractivity contribution is 5.75. The number of nitrogens with zero attached hydrogens (tertiary/aromatic N) is 2. The molecule has 1 amide bonds. The molecule has 2 aliphatic rings. The van der Waals surface area contributed by atoms with Gasteiger partial charge in [-0.3, -0.25) is 4.79 Å². The highest BCUT2D eigenvalue weighted by atomic mass is 16.1. The molecule has 3 heterocycles. The van der Waals surface area contributed by atoms with Crippen molar-refractivity contribution in [1.29, 1.82) is 0 Å². The molecule has 138 valence electrons. The molecule has 0 saturated carbocycles. The number of hydrogen-bond acceptors (Lipinski definition) is 4. The first-order valence-electron chi connectivity index (χ1n) is 9.98. The summed E-state index contributed by atoms with van der Waals surface area (Å²) in [5.74, 6) is 1.94. The van der Waals surface area contributed by atoms with Crippen LogP contribution in [0.4, 0.5) is 5.82 Å². The van der Waals surface area contributed by atoms with E-state index in [1.165, 1.54) is 38.5 Å². The van der Waals surface area contributed by atoms with Crippen LogP contribution in [-0.4, -0.2) is 37.1 Å². The molecule has 5 nitrogen and oxygen atoms in total. The number of pyridine rings is 1. The van der Waals surface area contributed by atoms with Crippen molar-refractivity contribution in [3.8, 4) is 0 Å². The van der Waals surface area contributed by atoms with Gasteiger partial charge in [0.2, 0.25) is 5.91 Å². The topological polar surface area (TPSA) is 57.3 Å². The van der Waals surface area contributed by atoms with Gasteiger partial charge in [0.05, 0.1) is 0 Å². The Morgan fingerprint density at radius 2 is 1.96 bits per heavy atom. The predicted octanol–water partition coefficient (Wildman–Crippen LogP) is 2.86. The third kappa shape index (κ3) is 5.99. The normalized spacial score (nSPS) is 19.4. The van der Waals surface area contributed by atoms with Gasteiger partial charge in [-0.15, -0.1) is 0 Å². The summed E-state index contributed by atoms with van der Waals surface area (Å²) >= 11 is 0. The van der Waals surface area contributed by atoms with E-state index >= 15 is 0 Å². The molecule has 0 atom stereocenters. The molecule has 25 heavy (non-hydrogen) atoms. The number of piperidine rings is 1. The van der Waals surface area contributed by atoms with Crippen LogP contribution in [0.25, 0.3) is 0 Å². The predicted molar refractivity (Wildman–Crippen MR) is 102 cm³/mol. The average Bonchev–Trinajstić information content (AvgIpc) is 2.95. The van der Waals surface area contributed by atoms with E-state index in [-0.39, 0.29) is 5.91 Å². The highest BCUT2D eigenvalue weighted by Gasteiger charge is 2.15. The first-order valence-corrected chi connectivity index (χ1v) is 9.98. The molecule has 3 rings (SSSR count). The van der Waals surface area contributed by atoms with E-state index in [0.29, 0.717) is 18.9 Å². The Kier molecular flexibility index (Phi) is 7.10. The minimum Gasteiger partial charge on any atom is -0.357 e. The largest absolute Gasteiger partial charge is 0.357 e. The van der Waals surface area contributed by atoms with Crippen molar-refractivity contribution in [3.63, 3.8) is 0 Å². The van der Waals surface area contributed by atoms with Gasteiger partial charge in [-0.2, -0.15) is 0 Å². The number of rotatable bonds is 6. The van der Waals surface area contributed by atoms with Gasteiger partial charge in [-0.1, -0.05) is 12.8 Å². The molecule has 0 radical (unpaired) electrons. The van der Waals surface area contributed by atoms with E-state index in [0.717, 1.165) is 44.0 Å². The van der Waals surface area contributed by atoms with Crippen molar-refractivity contribution >= 4 is 11.7 Å². The van der Waals surface area contributed by atoms with Crippen LogP contribution in [0.15, 0.2) is 18.3 Å². The van der Waals surface area contributed by atoms with Gasteiger partial charge in [-0.05, 0) is 68.8 Å². The fourth-order valence-electron chi connectivity index (χ4n) is 3.84. The summed E-state index contributed by atoms with van der Waals surface area (Å²) in [5.41, 5.74) is 1.14. The number of carbonyl (C=O) groups excluding carboxylic acids is 1. The summed E-state index contributed by atoms with van der Waals surface area (Å²) in [4.78, 5) is 19.1. The lowest BCUT2D eigenvalue weighted by Crippen LogP contribution is -2.29. The summed E-state index contributed by atoms with van der Waals surface area (Å²) in [6, 6.07) is 4.15. The van der Waals surface area contributed by atoms with E-state index in [9.17, 15) is 4.79 Å². The van der Waals surface area contributed by atoms with Crippen LogP contribution in [0.5, 0.6) is 0 Å². The van der Waals surface area contributed by atoms with Gasteiger partial charge in [0, 0.05) is 32.3 Å². The highest BCUT2D eigenvalue weighted by Crippen LogP contribution is 2.19. The third-order valence-corrected chi connectivity index (χ3v) is 5.47. The maximum Gasteiger partial charge on any atom is 0.220 e. The van der Waals surface area contributed by atoms with Crippen LogP contribution in [0, 0.1) is 5.92 Å². The summed E-state index contributed by atoms with van der Waals surface area (Å²) in [6.45, 7) is 5.00. The van der Waals surface area contributed by atoms with Crippen molar-refractivity contribution in [1.82, 2.24) is 15.6 Å². The Bertz CT molecular complexity index is 534. The standard InChI is InChI=1S/C20H32N4O/c25-20(6-5-17-7-10-21-11-8-17)23-16-18-9-12-22-19(15-18)24-13-3-1-2-4-14-24/h9,12,15,17,21H,1-8,10-11,13-14,16H2,(H,23,25). The number of hydrogen-bond donors (Lipinski definition) is 2. The summed E-state index contributed by atoms with van der Waals surface area (Å²) < 4.78 is 0. The molecule has 0 aliphatic carbocycles. The molecular formula is C20H32N4O. The van der Waals surface area contributed by atoms with Gasteiger partial charge in [-0.25, -0.2) is 4.98 Å². The number of amides is 1. The van der Waals surface area contributed by atoms with Crippen molar-refractivity contribution in [2.45, 2.75) is 57.9 Å². The Morgan fingerprint density at radius 1 is 1.20 bits per heavy atom. The maximum atomic E-state index is 12.1. The molecule has 2 fully saturated rings. The van der Waals surface area contributed by atoms with Gasteiger partial charge >= 0.3 is 0 Å². The van der Waals surface area contributed by atoms with Crippen LogP contribution >= 0.6 is 0 Å². The van der Waals surface area contributed by atoms with Crippen LogP contribution in [0.1, 0.15) is 56.9 Å². The molecular weight excluding hydrogens is 312 g/mol. The van der Waals surface area contributed by atoms with Gasteiger partial charge < -0.3 is 15.5 Å². The van der Waals surface area contributed by atoms with E-state index < -0.39 is 0 Å². The zero-order valence-electron chi connectivity index (χ0n) is 15.3. The molecule has 2 saturated heterocycles. The lowest BCUT2D eigenvalue weighted by Gasteiger charge is -2.22. The minimum atomic E-state index is 0.173. The van der Waals surface area contributed by atoms with Crippen molar-refractivity contribution in [2.75, 3.05) is 31.1 Å². The fourth-order valence-corrected chi connectivity index (χ4v) is 3.84. The second-order valence-electron chi connectivity index (χ2n) is 7.43. The molecule has 0 spiro atoms. The molecule has 0 bridgehead atoms. The average molecular weight is 345 g/mol. The van der Waals surface area contributed by atoms with Crippen LogP contribution in [0.2, 0.25) is 0 Å². The van der Waals surface area contributed by atoms with Crippen molar-refractivity contribution < 1.29 is 4.79 Å². The maximum absolute atomic E-state index is 12.1. The molecule has 2 aliphatic heterocycles. The van der Waals surface area contributed by atoms with Crippen molar-refractivity contribution in [3.05, 3.63) is 23.9 Å². The minimum absolute atomic E-state index is 0.173. The number of aromatic nitrogens is 1. The van der Waals surface area contributed by atoms with E-state index in [2.05, 4.69) is 26.6 Å². The summed E-state index contributed by atoms with van der Waals surface area (Å²) in [6.07, 6.45) is 11.1. The summed E-state index contributed by atoms with van der Waals surface area (Å²) in [5, 5.41) is 6.45. The molecule has 1 aromatic heterocycles. The molecule has 2 N–H and O–H groups in total. The second kappa shape index (κ2) is 9.76. The quantitative estimate of drug-likeness (QED) is 0.833. The van der Waals surface area contributed by atoms with Crippen molar-refractivity contribution in [2.24, 2.45) is 5.92 Å². The van der Waals surface area contributed by atoms with Gasteiger partial charge in [0.25, 0.3) is 0 Å².